The Morgan fingerprint density at radius 1 is 0.800 bits per heavy atom. The van der Waals surface area contributed by atoms with Crippen molar-refractivity contribution >= 4 is 15.0 Å². The zero-order valence-corrected chi connectivity index (χ0v) is 11.2. The van der Waals surface area contributed by atoms with Crippen LogP contribution in [0.25, 0.3) is 0 Å². The van der Waals surface area contributed by atoms with E-state index in [2.05, 4.69) is 0 Å². The van der Waals surface area contributed by atoms with E-state index in [4.69, 9.17) is 9.47 Å². The molecule has 0 spiro atoms. The molecule has 2 nitrogen and oxygen atoms in total. The van der Waals surface area contributed by atoms with Gasteiger partial charge in [0.2, 0.25) is 0 Å². The van der Waals surface area contributed by atoms with E-state index in [-0.39, 0.29) is 0 Å². The van der Waals surface area contributed by atoms with Crippen LogP contribution in [-0.4, -0.2) is 40.4 Å². The molecule has 0 saturated carbocycles. The summed E-state index contributed by atoms with van der Waals surface area (Å²) in [6.07, 6.45) is 9.07. The molecular formula is C12H22O2Se. The summed E-state index contributed by atoms with van der Waals surface area (Å²) in [6, 6.07) is 0. The van der Waals surface area contributed by atoms with Gasteiger partial charge >= 0.3 is 99.0 Å². The summed E-state index contributed by atoms with van der Waals surface area (Å²) in [5.41, 5.74) is 0. The third-order valence-electron chi connectivity index (χ3n) is 3.16. The van der Waals surface area contributed by atoms with Gasteiger partial charge in [-0.25, -0.2) is 0 Å². The van der Waals surface area contributed by atoms with E-state index < -0.39 is 0 Å². The average molecular weight is 277 g/mol. The fourth-order valence-corrected chi connectivity index (χ4v) is 4.70. The number of hydrogen-bond acceptors (Lipinski definition) is 2. The quantitative estimate of drug-likeness (QED) is 0.736. The molecule has 2 atom stereocenters. The van der Waals surface area contributed by atoms with E-state index in [0.29, 0.717) is 12.2 Å². The maximum absolute atomic E-state index is 5.74. The number of hydrogen-bond donors (Lipinski definition) is 0. The van der Waals surface area contributed by atoms with Crippen molar-refractivity contribution in [3.63, 3.8) is 0 Å². The summed E-state index contributed by atoms with van der Waals surface area (Å²) >= 11 is 0.740. The molecule has 2 rings (SSSR count). The fraction of sp³-hybridized carbons (Fsp3) is 1.00. The Bertz CT molecular complexity index is 145. The van der Waals surface area contributed by atoms with Crippen molar-refractivity contribution in [3.05, 3.63) is 0 Å². The van der Waals surface area contributed by atoms with Crippen LogP contribution in [0.1, 0.15) is 38.5 Å². The predicted octanol–water partition coefficient (Wildman–Crippen LogP) is 2.67. The molecular weight excluding hydrogens is 255 g/mol. The van der Waals surface area contributed by atoms with Crippen molar-refractivity contribution in [2.24, 2.45) is 0 Å². The molecule has 0 aromatic heterocycles. The number of ether oxygens (including phenoxy) is 2. The van der Waals surface area contributed by atoms with Crippen molar-refractivity contribution < 1.29 is 9.47 Å². The molecule has 2 fully saturated rings. The third-order valence-corrected chi connectivity index (χ3v) is 5.70. The molecule has 2 unspecified atom stereocenters. The van der Waals surface area contributed by atoms with Gasteiger partial charge in [-0.3, -0.25) is 0 Å². The minimum atomic E-state index is 0.586. The van der Waals surface area contributed by atoms with Crippen molar-refractivity contribution in [1.29, 1.82) is 0 Å². The van der Waals surface area contributed by atoms with E-state index in [1.54, 1.807) is 0 Å². The Morgan fingerprint density at radius 2 is 1.33 bits per heavy atom. The second-order valence-electron chi connectivity index (χ2n) is 4.51. The SMILES string of the molecule is C1CCC(C[Se]CC2CCCCO2)OC1. The Morgan fingerprint density at radius 3 is 1.73 bits per heavy atom. The van der Waals surface area contributed by atoms with E-state index >= 15 is 0 Å². The zero-order chi connectivity index (χ0) is 10.3. The van der Waals surface area contributed by atoms with Gasteiger partial charge in [0.05, 0.1) is 0 Å². The molecule has 15 heavy (non-hydrogen) atoms. The van der Waals surface area contributed by atoms with Gasteiger partial charge in [-0.15, -0.1) is 0 Å². The van der Waals surface area contributed by atoms with Crippen LogP contribution in [0.5, 0.6) is 0 Å². The number of rotatable bonds is 4. The van der Waals surface area contributed by atoms with Gasteiger partial charge in [-0.05, 0) is 0 Å². The molecule has 0 amide bonds. The van der Waals surface area contributed by atoms with Crippen molar-refractivity contribution in [2.75, 3.05) is 13.2 Å². The third kappa shape index (κ3) is 4.44. The molecule has 3 heteroatoms. The van der Waals surface area contributed by atoms with E-state index in [0.717, 1.165) is 28.2 Å². The molecule has 0 aromatic rings. The first-order valence-electron chi connectivity index (χ1n) is 6.26. The molecule has 0 aromatic carbocycles. The van der Waals surface area contributed by atoms with Crippen LogP contribution in [-0.2, 0) is 9.47 Å². The van der Waals surface area contributed by atoms with E-state index in [1.807, 2.05) is 0 Å². The van der Waals surface area contributed by atoms with Crippen molar-refractivity contribution in [1.82, 2.24) is 0 Å². The van der Waals surface area contributed by atoms with Gasteiger partial charge in [0.1, 0.15) is 0 Å². The van der Waals surface area contributed by atoms with Crippen molar-refractivity contribution in [2.45, 2.75) is 61.4 Å². The molecule has 88 valence electrons. The van der Waals surface area contributed by atoms with E-state index in [1.165, 1.54) is 49.2 Å². The van der Waals surface area contributed by atoms with Gasteiger partial charge in [0.25, 0.3) is 0 Å². The standard InChI is InChI=1S/C12H22O2Se/c1-3-7-13-11(5-1)9-15-10-12-6-2-4-8-14-12/h11-12H,1-10H2. The summed E-state index contributed by atoms with van der Waals surface area (Å²) in [5, 5.41) is 2.62. The first-order chi connectivity index (χ1) is 7.45. The van der Waals surface area contributed by atoms with Gasteiger partial charge < -0.3 is 0 Å². The van der Waals surface area contributed by atoms with Crippen molar-refractivity contribution in [3.8, 4) is 0 Å². The second kappa shape index (κ2) is 6.90. The molecule has 2 heterocycles. The predicted molar refractivity (Wildman–Crippen MR) is 62.6 cm³/mol. The molecule has 2 aliphatic rings. The summed E-state index contributed by atoms with van der Waals surface area (Å²) in [6.45, 7) is 2.00. The normalized spacial score (nSPS) is 32.8. The van der Waals surface area contributed by atoms with Crippen LogP contribution in [0.4, 0.5) is 0 Å². The first-order valence-corrected chi connectivity index (χ1v) is 8.68. The van der Waals surface area contributed by atoms with Gasteiger partial charge in [-0.2, -0.15) is 0 Å². The Kier molecular flexibility index (Phi) is 5.48. The molecule has 2 saturated heterocycles. The Labute approximate surface area is 99.2 Å². The summed E-state index contributed by atoms with van der Waals surface area (Å²) in [7, 11) is 0. The first kappa shape index (κ1) is 11.9. The molecule has 0 radical (unpaired) electrons. The molecule has 0 N–H and O–H groups in total. The Balaban J connectivity index is 1.53. The van der Waals surface area contributed by atoms with Crippen LogP contribution >= 0.6 is 0 Å². The summed E-state index contributed by atoms with van der Waals surface area (Å²) < 4.78 is 11.5. The van der Waals surface area contributed by atoms with Crippen LogP contribution in [0.15, 0.2) is 0 Å². The minimum absolute atomic E-state index is 0.586. The van der Waals surface area contributed by atoms with Crippen LogP contribution in [0.2, 0.25) is 10.6 Å². The second-order valence-corrected chi connectivity index (χ2v) is 6.77. The van der Waals surface area contributed by atoms with Gasteiger partial charge in [-0.1, -0.05) is 0 Å². The monoisotopic (exact) mass is 278 g/mol. The summed E-state index contributed by atoms with van der Waals surface area (Å²) in [5.74, 6) is 0. The topological polar surface area (TPSA) is 18.5 Å². The molecule has 2 aliphatic heterocycles. The van der Waals surface area contributed by atoms with Crippen LogP contribution in [0, 0.1) is 0 Å². The molecule has 0 bridgehead atoms. The van der Waals surface area contributed by atoms with Gasteiger partial charge in [0.15, 0.2) is 0 Å². The zero-order valence-electron chi connectivity index (χ0n) is 9.45. The Hall–Kier alpha value is 0.439. The fourth-order valence-electron chi connectivity index (χ4n) is 2.21. The van der Waals surface area contributed by atoms with E-state index in [9.17, 15) is 0 Å². The molecule has 0 aliphatic carbocycles. The van der Waals surface area contributed by atoms with Crippen LogP contribution in [0.3, 0.4) is 0 Å². The average Bonchev–Trinajstić information content (AvgIpc) is 2.32. The summed E-state index contributed by atoms with van der Waals surface area (Å²) in [4.78, 5) is 0. The van der Waals surface area contributed by atoms with Crippen LogP contribution < -0.4 is 0 Å². The van der Waals surface area contributed by atoms with Gasteiger partial charge in [0, 0.05) is 0 Å². The maximum atomic E-state index is 5.74.